The molecule has 8 nitrogen and oxygen atoms in total. The van der Waals surface area contributed by atoms with E-state index in [1.54, 1.807) is 6.92 Å². The van der Waals surface area contributed by atoms with E-state index in [1.807, 2.05) is 30.3 Å². The van der Waals surface area contributed by atoms with E-state index in [0.29, 0.717) is 12.8 Å². The van der Waals surface area contributed by atoms with Crippen LogP contribution in [0.3, 0.4) is 0 Å². The summed E-state index contributed by atoms with van der Waals surface area (Å²) in [7, 11) is -3.15. The Labute approximate surface area is 164 Å². The molecule has 0 aliphatic carbocycles. The van der Waals surface area contributed by atoms with Crippen LogP contribution in [0.5, 0.6) is 0 Å². The first-order chi connectivity index (χ1) is 13.2. The van der Waals surface area contributed by atoms with Gasteiger partial charge < -0.3 is 10.4 Å². The Bertz CT molecular complexity index is 880. The van der Waals surface area contributed by atoms with Crippen molar-refractivity contribution < 1.29 is 23.1 Å². The Morgan fingerprint density at radius 1 is 1.32 bits per heavy atom. The highest BCUT2D eigenvalue weighted by Gasteiger charge is 2.37. The van der Waals surface area contributed by atoms with Crippen molar-refractivity contribution in [3.05, 3.63) is 35.9 Å². The van der Waals surface area contributed by atoms with Crippen molar-refractivity contribution in [1.29, 1.82) is 0 Å². The molecular formula is C19H25N3O5S. The molecule has 0 bridgehead atoms. The number of nitrogens with zero attached hydrogens (tertiary/aromatic N) is 2. The van der Waals surface area contributed by atoms with Crippen molar-refractivity contribution in [1.82, 2.24) is 10.3 Å². The topological polar surface area (TPSA) is 116 Å². The van der Waals surface area contributed by atoms with E-state index < -0.39 is 27.4 Å². The molecule has 1 aromatic carbocycles. The minimum Gasteiger partial charge on any atom is -0.385 e. The minimum atomic E-state index is -3.15. The first-order valence-electron chi connectivity index (χ1n) is 9.34. The average molecular weight is 407 g/mol. The fourth-order valence-corrected chi connectivity index (χ4v) is 5.14. The zero-order chi connectivity index (χ0) is 20.4. The molecule has 2 amide bonds. The van der Waals surface area contributed by atoms with Crippen molar-refractivity contribution in [3.63, 3.8) is 0 Å². The first-order valence-corrected chi connectivity index (χ1v) is 11.2. The van der Waals surface area contributed by atoms with Crippen LogP contribution in [0.25, 0.3) is 0 Å². The van der Waals surface area contributed by atoms with Crippen molar-refractivity contribution in [2.24, 2.45) is 5.10 Å². The van der Waals surface area contributed by atoms with Gasteiger partial charge in [0.2, 0.25) is 5.91 Å². The van der Waals surface area contributed by atoms with Crippen LogP contribution < -0.4 is 5.32 Å². The lowest BCUT2D eigenvalue weighted by Gasteiger charge is -2.28. The van der Waals surface area contributed by atoms with Gasteiger partial charge >= 0.3 is 0 Å². The molecule has 0 spiro atoms. The van der Waals surface area contributed by atoms with Crippen molar-refractivity contribution >= 4 is 27.4 Å². The Kier molecular flexibility index (Phi) is 5.85. The summed E-state index contributed by atoms with van der Waals surface area (Å²) in [5.74, 6) is -0.739. The van der Waals surface area contributed by atoms with Crippen LogP contribution in [-0.2, 0) is 25.0 Å². The second-order valence-corrected chi connectivity index (χ2v) is 9.72. The van der Waals surface area contributed by atoms with Gasteiger partial charge in [0.05, 0.1) is 23.1 Å². The van der Waals surface area contributed by atoms with Gasteiger partial charge in [-0.15, -0.1) is 0 Å². The predicted octanol–water partition coefficient (Wildman–Crippen LogP) is 0.566. The molecule has 1 saturated heterocycles. The van der Waals surface area contributed by atoms with Gasteiger partial charge in [0, 0.05) is 19.4 Å². The van der Waals surface area contributed by atoms with Crippen LogP contribution in [0, 0.1) is 0 Å². The Balaban J connectivity index is 1.59. The van der Waals surface area contributed by atoms with Crippen LogP contribution in [0.2, 0.25) is 0 Å². The van der Waals surface area contributed by atoms with Crippen molar-refractivity contribution in [2.45, 2.75) is 44.2 Å². The van der Waals surface area contributed by atoms with Gasteiger partial charge in [-0.3, -0.25) is 9.59 Å². The molecule has 0 saturated carbocycles. The third kappa shape index (κ3) is 4.77. The molecule has 0 unspecified atom stereocenters. The van der Waals surface area contributed by atoms with Gasteiger partial charge in [-0.05, 0) is 25.3 Å². The zero-order valence-corrected chi connectivity index (χ0v) is 16.6. The van der Waals surface area contributed by atoms with E-state index in [-0.39, 0.29) is 42.5 Å². The summed E-state index contributed by atoms with van der Waals surface area (Å²) in [5, 5.41) is 18.6. The highest BCUT2D eigenvalue weighted by molar-refractivity contribution is 7.91. The standard InChI is InChI=1S/C19H25N3O5S/c1-19(25,14-5-3-2-4-6-14)10-11-20-18(24)16-7-8-17(23)22(21-16)15-9-12-28(26,27)13-15/h2-6,15,25H,7-13H2,1H3,(H,20,24)/t15-,19-/m0/s1. The molecule has 2 aliphatic rings. The Hall–Kier alpha value is -2.26. The highest BCUT2D eigenvalue weighted by Crippen LogP contribution is 2.24. The number of sulfone groups is 1. The Morgan fingerprint density at radius 2 is 2.04 bits per heavy atom. The molecule has 2 atom stereocenters. The molecule has 2 N–H and O–H groups in total. The maximum atomic E-state index is 12.4. The smallest absolute Gasteiger partial charge is 0.267 e. The number of benzene rings is 1. The number of rotatable bonds is 6. The second-order valence-electron chi connectivity index (χ2n) is 7.49. The van der Waals surface area contributed by atoms with E-state index in [0.717, 1.165) is 5.56 Å². The summed E-state index contributed by atoms with van der Waals surface area (Å²) in [4.78, 5) is 24.6. The van der Waals surface area contributed by atoms with Gasteiger partial charge in [0.15, 0.2) is 9.84 Å². The number of nitrogens with one attached hydrogen (secondary N) is 1. The Morgan fingerprint density at radius 3 is 2.68 bits per heavy atom. The van der Waals surface area contributed by atoms with E-state index in [1.165, 1.54) is 5.01 Å². The van der Waals surface area contributed by atoms with E-state index >= 15 is 0 Å². The van der Waals surface area contributed by atoms with Gasteiger partial charge in [0.25, 0.3) is 5.91 Å². The summed E-state index contributed by atoms with van der Waals surface area (Å²) in [5.41, 5.74) is -0.106. The number of hydrogen-bond donors (Lipinski definition) is 2. The highest BCUT2D eigenvalue weighted by atomic mass is 32.2. The summed E-state index contributed by atoms with van der Waals surface area (Å²) in [6, 6.07) is 8.70. The van der Waals surface area contributed by atoms with Crippen molar-refractivity contribution in [3.8, 4) is 0 Å². The van der Waals surface area contributed by atoms with E-state index in [2.05, 4.69) is 10.4 Å². The summed E-state index contributed by atoms with van der Waals surface area (Å²) in [6.45, 7) is 1.93. The van der Waals surface area contributed by atoms with Crippen LogP contribution >= 0.6 is 0 Å². The summed E-state index contributed by atoms with van der Waals surface area (Å²) >= 11 is 0. The summed E-state index contributed by atoms with van der Waals surface area (Å²) in [6.07, 6.45) is 1.01. The largest absolute Gasteiger partial charge is 0.385 e. The lowest BCUT2D eigenvalue weighted by molar-refractivity contribution is -0.133. The van der Waals surface area contributed by atoms with E-state index in [9.17, 15) is 23.1 Å². The normalized spacial score (nSPS) is 23.8. The number of carbonyl (C=O) groups excluding carboxylic acids is 2. The van der Waals surface area contributed by atoms with Crippen molar-refractivity contribution in [2.75, 3.05) is 18.1 Å². The number of aliphatic hydroxyl groups is 1. The molecule has 28 heavy (non-hydrogen) atoms. The van der Waals surface area contributed by atoms with Crippen LogP contribution in [0.15, 0.2) is 35.4 Å². The van der Waals surface area contributed by atoms with Gasteiger partial charge in [0.1, 0.15) is 5.71 Å². The third-order valence-electron chi connectivity index (χ3n) is 5.17. The molecule has 152 valence electrons. The predicted molar refractivity (Wildman–Crippen MR) is 104 cm³/mol. The summed E-state index contributed by atoms with van der Waals surface area (Å²) < 4.78 is 23.3. The number of hydrazone groups is 1. The first kappa shape index (κ1) is 20.5. The SMILES string of the molecule is C[C@](O)(CCNC(=O)C1=NN([C@H]2CCS(=O)(=O)C2)C(=O)CC1)c1ccccc1. The number of carbonyl (C=O) groups is 2. The quantitative estimate of drug-likeness (QED) is 0.715. The molecule has 1 aromatic rings. The molecule has 2 heterocycles. The van der Waals surface area contributed by atoms with Crippen LogP contribution in [0.4, 0.5) is 0 Å². The molecule has 2 aliphatic heterocycles. The average Bonchev–Trinajstić information content (AvgIpc) is 3.02. The zero-order valence-electron chi connectivity index (χ0n) is 15.8. The van der Waals surface area contributed by atoms with Gasteiger partial charge in [-0.25, -0.2) is 13.4 Å². The van der Waals surface area contributed by atoms with E-state index in [4.69, 9.17) is 0 Å². The fourth-order valence-electron chi connectivity index (χ4n) is 3.45. The molecule has 0 aromatic heterocycles. The lowest BCUT2D eigenvalue weighted by Crippen LogP contribution is -2.44. The monoisotopic (exact) mass is 407 g/mol. The molecule has 9 heteroatoms. The van der Waals surface area contributed by atoms with Crippen LogP contribution in [0.1, 0.15) is 38.2 Å². The van der Waals surface area contributed by atoms with Crippen LogP contribution in [-0.4, -0.2) is 60.2 Å². The number of amides is 2. The molecule has 1 fully saturated rings. The minimum absolute atomic E-state index is 0.0348. The molecular weight excluding hydrogens is 382 g/mol. The maximum absolute atomic E-state index is 12.4. The fraction of sp³-hybridized carbons (Fsp3) is 0.526. The lowest BCUT2D eigenvalue weighted by atomic mass is 9.92. The number of hydrogen-bond acceptors (Lipinski definition) is 6. The van der Waals surface area contributed by atoms with Gasteiger partial charge in [-0.1, -0.05) is 30.3 Å². The maximum Gasteiger partial charge on any atom is 0.267 e. The second kappa shape index (κ2) is 8.00. The van der Waals surface area contributed by atoms with Gasteiger partial charge in [-0.2, -0.15) is 5.10 Å². The molecule has 0 radical (unpaired) electrons. The molecule has 3 rings (SSSR count). The third-order valence-corrected chi connectivity index (χ3v) is 6.92.